The SMILES string of the molecule is CC(=O)N(C)C1CN(C2(N3CCNCC3)C=CC(C3=NCCO3)=C(F)C2)C(=O)O1. The van der Waals surface area contributed by atoms with Gasteiger partial charge in [-0.2, -0.15) is 0 Å². The summed E-state index contributed by atoms with van der Waals surface area (Å²) in [5, 5.41) is 3.28. The van der Waals surface area contributed by atoms with Crippen molar-refractivity contribution in [3.8, 4) is 0 Å². The van der Waals surface area contributed by atoms with Crippen LogP contribution in [-0.2, 0) is 14.3 Å². The van der Waals surface area contributed by atoms with Gasteiger partial charge in [-0.05, 0) is 12.2 Å². The Labute approximate surface area is 168 Å². The standard InChI is InChI=1S/C19H26FN5O4/c1-13(26)23(2)16-12-25(18(27)29-16)19(24-8-5-21-6-9-24)4-3-14(15(20)11-19)17-22-7-10-28-17/h3-4,16,21H,5-12H2,1-2H3. The van der Waals surface area contributed by atoms with E-state index in [0.29, 0.717) is 37.7 Å². The zero-order chi connectivity index (χ0) is 20.6. The number of rotatable bonds is 4. The molecule has 29 heavy (non-hydrogen) atoms. The number of hydrogen-bond acceptors (Lipinski definition) is 7. The minimum absolute atomic E-state index is 0.0210. The van der Waals surface area contributed by atoms with Crippen molar-refractivity contribution in [3.63, 3.8) is 0 Å². The Bertz CT molecular complexity index is 791. The van der Waals surface area contributed by atoms with Crippen LogP contribution in [0.15, 0.2) is 28.5 Å². The topological polar surface area (TPSA) is 86.7 Å². The fourth-order valence-electron chi connectivity index (χ4n) is 4.17. The number of amides is 2. The third kappa shape index (κ3) is 3.51. The molecule has 9 nitrogen and oxygen atoms in total. The quantitative estimate of drug-likeness (QED) is 0.729. The van der Waals surface area contributed by atoms with E-state index in [4.69, 9.17) is 9.47 Å². The van der Waals surface area contributed by atoms with Crippen molar-refractivity contribution in [2.45, 2.75) is 25.2 Å². The van der Waals surface area contributed by atoms with Crippen molar-refractivity contribution in [1.82, 2.24) is 20.0 Å². The van der Waals surface area contributed by atoms with Gasteiger partial charge in [-0.25, -0.2) is 14.2 Å². The van der Waals surface area contributed by atoms with Gasteiger partial charge in [0.15, 0.2) is 6.23 Å². The Morgan fingerprint density at radius 3 is 2.79 bits per heavy atom. The second-order valence-electron chi connectivity index (χ2n) is 7.56. The van der Waals surface area contributed by atoms with Gasteiger partial charge in [0.2, 0.25) is 11.8 Å². The molecule has 3 heterocycles. The second kappa shape index (κ2) is 7.75. The van der Waals surface area contributed by atoms with Crippen molar-refractivity contribution < 1.29 is 23.5 Å². The molecule has 4 rings (SSSR count). The first-order valence-corrected chi connectivity index (χ1v) is 9.85. The number of hydrogen-bond donors (Lipinski definition) is 1. The van der Waals surface area contributed by atoms with Crippen LogP contribution in [0, 0.1) is 0 Å². The Balaban J connectivity index is 1.66. The molecule has 0 aromatic heterocycles. The summed E-state index contributed by atoms with van der Waals surface area (Å²) in [6, 6.07) is 0. The third-order valence-electron chi connectivity index (χ3n) is 5.90. The molecular formula is C19H26FN5O4. The highest BCUT2D eigenvalue weighted by Gasteiger charge is 2.51. The van der Waals surface area contributed by atoms with E-state index in [-0.39, 0.29) is 24.7 Å². The van der Waals surface area contributed by atoms with Gasteiger partial charge in [0.05, 0.1) is 18.7 Å². The highest BCUT2D eigenvalue weighted by atomic mass is 19.1. The Kier molecular flexibility index (Phi) is 5.30. The molecule has 10 heteroatoms. The molecule has 3 aliphatic heterocycles. The average molecular weight is 407 g/mol. The van der Waals surface area contributed by atoms with E-state index in [0.717, 1.165) is 13.1 Å². The Morgan fingerprint density at radius 2 is 2.17 bits per heavy atom. The molecule has 4 aliphatic rings. The molecule has 2 amide bonds. The number of nitrogens with one attached hydrogen (secondary N) is 1. The first-order valence-electron chi connectivity index (χ1n) is 9.85. The zero-order valence-electron chi connectivity index (χ0n) is 16.7. The molecule has 2 saturated heterocycles. The van der Waals surface area contributed by atoms with Crippen LogP contribution in [0.25, 0.3) is 0 Å². The van der Waals surface area contributed by atoms with E-state index < -0.39 is 18.0 Å². The molecule has 2 fully saturated rings. The summed E-state index contributed by atoms with van der Waals surface area (Å²) >= 11 is 0. The summed E-state index contributed by atoms with van der Waals surface area (Å²) in [5.74, 6) is -0.265. The van der Waals surface area contributed by atoms with Gasteiger partial charge in [0.1, 0.15) is 18.1 Å². The summed E-state index contributed by atoms with van der Waals surface area (Å²) in [6.45, 7) is 5.33. The highest BCUT2D eigenvalue weighted by molar-refractivity contribution is 5.98. The van der Waals surface area contributed by atoms with Crippen LogP contribution in [0.3, 0.4) is 0 Å². The van der Waals surface area contributed by atoms with Crippen molar-refractivity contribution in [2.75, 3.05) is 52.9 Å². The molecule has 0 aromatic rings. The van der Waals surface area contributed by atoms with E-state index in [2.05, 4.69) is 15.2 Å². The number of aliphatic imine (C=N–C) groups is 1. The molecule has 1 aliphatic carbocycles. The molecule has 0 bridgehead atoms. The van der Waals surface area contributed by atoms with E-state index in [1.165, 1.54) is 16.7 Å². The summed E-state index contributed by atoms with van der Waals surface area (Å²) in [6.07, 6.45) is 2.21. The minimum Gasteiger partial charge on any atom is -0.475 e. The van der Waals surface area contributed by atoms with Crippen molar-refractivity contribution in [1.29, 1.82) is 0 Å². The van der Waals surface area contributed by atoms with Crippen LogP contribution in [0.5, 0.6) is 0 Å². The van der Waals surface area contributed by atoms with Crippen molar-refractivity contribution in [2.24, 2.45) is 4.99 Å². The minimum atomic E-state index is -1.00. The predicted molar refractivity (Wildman–Crippen MR) is 103 cm³/mol. The number of ether oxygens (including phenoxy) is 2. The molecule has 0 radical (unpaired) electrons. The van der Waals surface area contributed by atoms with Gasteiger partial charge in [0.25, 0.3) is 0 Å². The number of halogens is 1. The van der Waals surface area contributed by atoms with E-state index in [1.54, 1.807) is 13.1 Å². The van der Waals surface area contributed by atoms with Crippen molar-refractivity contribution in [3.05, 3.63) is 23.6 Å². The maximum atomic E-state index is 15.3. The molecule has 1 N–H and O–H groups in total. The Morgan fingerprint density at radius 1 is 1.41 bits per heavy atom. The lowest BCUT2D eigenvalue weighted by Crippen LogP contribution is -2.64. The van der Waals surface area contributed by atoms with Gasteiger partial charge >= 0.3 is 6.09 Å². The van der Waals surface area contributed by atoms with Gasteiger partial charge in [-0.3, -0.25) is 14.6 Å². The lowest BCUT2D eigenvalue weighted by molar-refractivity contribution is -0.134. The number of cyclic esters (lactones) is 1. The smallest absolute Gasteiger partial charge is 0.413 e. The van der Waals surface area contributed by atoms with Crippen LogP contribution >= 0.6 is 0 Å². The fourth-order valence-corrected chi connectivity index (χ4v) is 4.17. The molecule has 2 atom stereocenters. The summed E-state index contributed by atoms with van der Waals surface area (Å²) < 4.78 is 26.2. The molecular weight excluding hydrogens is 381 g/mol. The lowest BCUT2D eigenvalue weighted by atomic mass is 9.91. The van der Waals surface area contributed by atoms with Crippen LogP contribution in [0.2, 0.25) is 0 Å². The zero-order valence-corrected chi connectivity index (χ0v) is 16.7. The van der Waals surface area contributed by atoms with Crippen LogP contribution in [0.1, 0.15) is 13.3 Å². The summed E-state index contributed by atoms with van der Waals surface area (Å²) in [4.78, 5) is 33.8. The maximum absolute atomic E-state index is 15.3. The summed E-state index contributed by atoms with van der Waals surface area (Å²) in [5.41, 5.74) is -0.670. The normalized spacial score (nSPS) is 30.3. The first-order chi connectivity index (χ1) is 13.9. The maximum Gasteiger partial charge on any atom is 0.413 e. The molecule has 2 unspecified atom stereocenters. The van der Waals surface area contributed by atoms with E-state index >= 15 is 4.39 Å². The molecule has 158 valence electrons. The first kappa shape index (κ1) is 19.8. The van der Waals surface area contributed by atoms with Gasteiger partial charge in [0, 0.05) is 46.6 Å². The van der Waals surface area contributed by atoms with E-state index in [1.807, 2.05) is 6.08 Å². The largest absolute Gasteiger partial charge is 0.475 e. The van der Waals surface area contributed by atoms with Crippen molar-refractivity contribution >= 4 is 17.9 Å². The van der Waals surface area contributed by atoms with Crippen LogP contribution in [-0.4, -0.2) is 97.4 Å². The fraction of sp³-hybridized carbons (Fsp3) is 0.632. The highest BCUT2D eigenvalue weighted by Crippen LogP contribution is 2.39. The van der Waals surface area contributed by atoms with Crippen LogP contribution < -0.4 is 5.32 Å². The number of nitrogens with zero attached hydrogens (tertiary/aromatic N) is 4. The van der Waals surface area contributed by atoms with E-state index in [9.17, 15) is 9.59 Å². The average Bonchev–Trinajstić information content (AvgIpc) is 3.38. The monoisotopic (exact) mass is 407 g/mol. The molecule has 0 aromatic carbocycles. The second-order valence-corrected chi connectivity index (χ2v) is 7.56. The summed E-state index contributed by atoms with van der Waals surface area (Å²) in [7, 11) is 1.59. The third-order valence-corrected chi connectivity index (χ3v) is 5.90. The van der Waals surface area contributed by atoms with Gasteiger partial charge < -0.3 is 19.7 Å². The van der Waals surface area contributed by atoms with Crippen LogP contribution in [0.4, 0.5) is 9.18 Å². The number of piperazine rings is 1. The van der Waals surface area contributed by atoms with Gasteiger partial charge in [-0.15, -0.1) is 0 Å². The van der Waals surface area contributed by atoms with Gasteiger partial charge in [-0.1, -0.05) is 0 Å². The predicted octanol–water partition coefficient (Wildman–Crippen LogP) is 0.457. The number of carbonyl (C=O) groups is 2. The molecule has 0 saturated carbocycles. The Hall–Kier alpha value is -2.46. The number of likely N-dealkylation sites (N-methyl/N-ethyl adjacent to an activating group) is 1. The number of carbonyl (C=O) groups excluding carboxylic acids is 2. The molecule has 0 spiro atoms. The lowest BCUT2D eigenvalue weighted by Gasteiger charge is -2.49.